The summed E-state index contributed by atoms with van der Waals surface area (Å²) in [6, 6.07) is 6.37. The molecule has 1 aromatic carbocycles. The van der Waals surface area contributed by atoms with E-state index in [4.69, 9.17) is 4.74 Å². The number of benzene rings is 1. The third kappa shape index (κ3) is 4.31. The van der Waals surface area contributed by atoms with Crippen LogP contribution >= 0.6 is 0 Å². The van der Waals surface area contributed by atoms with E-state index in [1.165, 1.54) is 16.8 Å². The molecule has 0 saturated heterocycles. The fourth-order valence-corrected chi connectivity index (χ4v) is 2.00. The molecule has 0 bridgehead atoms. The van der Waals surface area contributed by atoms with Gasteiger partial charge < -0.3 is 15.2 Å². The largest absolute Gasteiger partial charge is 0.389 e. The molecule has 0 saturated carbocycles. The van der Waals surface area contributed by atoms with E-state index in [9.17, 15) is 5.11 Å². The molecule has 2 N–H and O–H groups in total. The van der Waals surface area contributed by atoms with Crippen molar-refractivity contribution in [2.45, 2.75) is 39.7 Å². The Morgan fingerprint density at radius 2 is 1.78 bits per heavy atom. The number of hydrogen-bond acceptors (Lipinski definition) is 3. The summed E-state index contributed by atoms with van der Waals surface area (Å²) in [5.41, 5.74) is 3.79. The molecule has 3 heteroatoms. The topological polar surface area (TPSA) is 41.5 Å². The molecule has 0 heterocycles. The fourth-order valence-electron chi connectivity index (χ4n) is 2.00. The quantitative estimate of drug-likeness (QED) is 0.746. The zero-order valence-electron chi connectivity index (χ0n) is 11.7. The van der Waals surface area contributed by atoms with Crippen molar-refractivity contribution in [2.24, 2.45) is 0 Å². The summed E-state index contributed by atoms with van der Waals surface area (Å²) in [6.45, 7) is 7.79. The zero-order valence-corrected chi connectivity index (χ0v) is 11.7. The van der Waals surface area contributed by atoms with Crippen molar-refractivity contribution in [1.82, 2.24) is 0 Å². The molecule has 1 aromatic rings. The molecule has 3 nitrogen and oxygen atoms in total. The van der Waals surface area contributed by atoms with Gasteiger partial charge in [-0.3, -0.25) is 0 Å². The van der Waals surface area contributed by atoms with Crippen molar-refractivity contribution >= 4 is 5.69 Å². The van der Waals surface area contributed by atoms with E-state index in [1.807, 2.05) is 6.92 Å². The van der Waals surface area contributed by atoms with Crippen LogP contribution in [0.4, 0.5) is 5.69 Å². The minimum Gasteiger partial charge on any atom is -0.389 e. The van der Waals surface area contributed by atoms with Crippen molar-refractivity contribution in [2.75, 3.05) is 25.1 Å². The lowest BCUT2D eigenvalue weighted by Crippen LogP contribution is -2.25. The average molecular weight is 251 g/mol. The summed E-state index contributed by atoms with van der Waals surface area (Å²) in [5.74, 6) is 0. The van der Waals surface area contributed by atoms with Crippen LogP contribution in [0.3, 0.4) is 0 Å². The Balaban J connectivity index is 2.65. The summed E-state index contributed by atoms with van der Waals surface area (Å²) in [6.07, 6.45) is 1.54. The van der Waals surface area contributed by atoms with Crippen LogP contribution in [0.2, 0.25) is 0 Å². The van der Waals surface area contributed by atoms with E-state index >= 15 is 0 Å². The van der Waals surface area contributed by atoms with Crippen LogP contribution in [-0.2, 0) is 17.6 Å². The van der Waals surface area contributed by atoms with Crippen LogP contribution in [0.1, 0.15) is 31.9 Å². The van der Waals surface area contributed by atoms with Crippen molar-refractivity contribution in [3.05, 3.63) is 29.3 Å². The normalized spacial score (nSPS) is 12.4. The molecule has 0 fully saturated rings. The highest BCUT2D eigenvalue weighted by Gasteiger charge is 2.08. The number of anilines is 1. The number of aryl methyl sites for hydroxylation is 2. The lowest BCUT2D eigenvalue weighted by atomic mass is 10.0. The Morgan fingerprint density at radius 1 is 1.17 bits per heavy atom. The van der Waals surface area contributed by atoms with Gasteiger partial charge in [-0.15, -0.1) is 0 Å². The average Bonchev–Trinajstić information content (AvgIpc) is 2.42. The van der Waals surface area contributed by atoms with Crippen LogP contribution < -0.4 is 5.32 Å². The van der Waals surface area contributed by atoms with Gasteiger partial charge in [-0.1, -0.05) is 32.0 Å². The van der Waals surface area contributed by atoms with E-state index in [1.54, 1.807) is 0 Å². The Hall–Kier alpha value is -1.06. The minimum atomic E-state index is -0.459. The van der Waals surface area contributed by atoms with E-state index in [-0.39, 0.29) is 0 Å². The molecule has 1 atom stereocenters. The highest BCUT2D eigenvalue weighted by Crippen LogP contribution is 2.22. The van der Waals surface area contributed by atoms with Gasteiger partial charge in [-0.25, -0.2) is 0 Å². The van der Waals surface area contributed by atoms with E-state index < -0.39 is 6.10 Å². The minimum absolute atomic E-state index is 0.388. The molecule has 102 valence electrons. The highest BCUT2D eigenvalue weighted by atomic mass is 16.5. The second-order valence-electron chi connectivity index (χ2n) is 4.35. The predicted octanol–water partition coefficient (Wildman–Crippen LogP) is 2.62. The number of aliphatic hydroxyl groups is 1. The molecule has 1 unspecified atom stereocenters. The Labute approximate surface area is 110 Å². The summed E-state index contributed by atoms with van der Waals surface area (Å²) in [5, 5.41) is 13.1. The third-order valence-electron chi connectivity index (χ3n) is 3.03. The third-order valence-corrected chi connectivity index (χ3v) is 3.03. The zero-order chi connectivity index (χ0) is 13.4. The number of para-hydroxylation sites is 1. The molecule has 0 aliphatic rings. The van der Waals surface area contributed by atoms with Crippen molar-refractivity contribution in [3.8, 4) is 0 Å². The first-order valence-corrected chi connectivity index (χ1v) is 6.83. The second kappa shape index (κ2) is 8.11. The summed E-state index contributed by atoms with van der Waals surface area (Å²) >= 11 is 0. The smallest absolute Gasteiger partial charge is 0.0945 e. The van der Waals surface area contributed by atoms with Gasteiger partial charge in [0.25, 0.3) is 0 Å². The molecule has 1 rings (SSSR count). The number of hydrogen-bond donors (Lipinski definition) is 2. The number of rotatable bonds is 8. The Kier molecular flexibility index (Phi) is 6.76. The first kappa shape index (κ1) is 15.0. The monoisotopic (exact) mass is 251 g/mol. The van der Waals surface area contributed by atoms with E-state index in [0.29, 0.717) is 19.8 Å². The Bertz CT molecular complexity index is 330. The van der Waals surface area contributed by atoms with E-state index in [2.05, 4.69) is 37.4 Å². The maximum absolute atomic E-state index is 9.78. The van der Waals surface area contributed by atoms with Gasteiger partial charge in [0.2, 0.25) is 0 Å². The van der Waals surface area contributed by atoms with Crippen molar-refractivity contribution in [3.63, 3.8) is 0 Å². The predicted molar refractivity (Wildman–Crippen MR) is 76.2 cm³/mol. The molecule has 0 aliphatic heterocycles. The van der Waals surface area contributed by atoms with Crippen molar-refractivity contribution < 1.29 is 9.84 Å². The van der Waals surface area contributed by atoms with Crippen molar-refractivity contribution in [1.29, 1.82) is 0 Å². The maximum Gasteiger partial charge on any atom is 0.0945 e. The molecule has 0 amide bonds. The summed E-state index contributed by atoms with van der Waals surface area (Å²) < 4.78 is 5.21. The lowest BCUT2D eigenvalue weighted by molar-refractivity contribution is 0.0496. The number of aliphatic hydroxyl groups excluding tert-OH is 1. The van der Waals surface area contributed by atoms with Gasteiger partial charge in [0.1, 0.15) is 0 Å². The molecular weight excluding hydrogens is 226 g/mol. The molecular formula is C15H25NO2. The first-order chi connectivity index (χ1) is 8.72. The first-order valence-electron chi connectivity index (χ1n) is 6.83. The molecule has 0 spiro atoms. The van der Waals surface area contributed by atoms with Crippen LogP contribution in [0.15, 0.2) is 18.2 Å². The maximum atomic E-state index is 9.78. The molecule has 0 radical (unpaired) electrons. The van der Waals surface area contributed by atoms with Crippen LogP contribution in [0.5, 0.6) is 0 Å². The summed E-state index contributed by atoms with van der Waals surface area (Å²) in [4.78, 5) is 0. The number of ether oxygens (including phenoxy) is 1. The van der Waals surface area contributed by atoms with Gasteiger partial charge in [0.15, 0.2) is 0 Å². The van der Waals surface area contributed by atoms with Gasteiger partial charge >= 0.3 is 0 Å². The Morgan fingerprint density at radius 3 is 2.28 bits per heavy atom. The van der Waals surface area contributed by atoms with Gasteiger partial charge in [0, 0.05) is 18.8 Å². The second-order valence-corrected chi connectivity index (χ2v) is 4.35. The fraction of sp³-hybridized carbons (Fsp3) is 0.600. The number of nitrogens with one attached hydrogen (secondary N) is 1. The summed E-state index contributed by atoms with van der Waals surface area (Å²) in [7, 11) is 0. The highest BCUT2D eigenvalue weighted by molar-refractivity contribution is 5.57. The van der Waals surface area contributed by atoms with Crippen LogP contribution in [0, 0.1) is 0 Å². The van der Waals surface area contributed by atoms with Crippen LogP contribution in [0.25, 0.3) is 0 Å². The van der Waals surface area contributed by atoms with E-state index in [0.717, 1.165) is 12.8 Å². The molecule has 0 aliphatic carbocycles. The van der Waals surface area contributed by atoms with Gasteiger partial charge in [0.05, 0.1) is 12.7 Å². The lowest BCUT2D eigenvalue weighted by Gasteiger charge is -2.18. The SMILES string of the molecule is CCOCC(O)CNc1c(CC)cccc1CC. The molecule has 18 heavy (non-hydrogen) atoms. The standard InChI is InChI=1S/C15H25NO2/c1-4-12-8-7-9-13(5-2)15(12)16-10-14(17)11-18-6-3/h7-9,14,16-17H,4-6,10-11H2,1-3H3. The van der Waals surface area contributed by atoms with Crippen LogP contribution in [-0.4, -0.2) is 31.0 Å². The van der Waals surface area contributed by atoms with Gasteiger partial charge in [-0.05, 0) is 30.9 Å². The molecule has 0 aromatic heterocycles. The van der Waals surface area contributed by atoms with Gasteiger partial charge in [-0.2, -0.15) is 0 Å².